The number of amides is 1. The van der Waals surface area contributed by atoms with Crippen LogP contribution in [0, 0.1) is 11.3 Å². The number of thiophene rings is 1. The summed E-state index contributed by atoms with van der Waals surface area (Å²) in [4.78, 5) is 15.7. The van der Waals surface area contributed by atoms with Crippen molar-refractivity contribution < 1.29 is 9.53 Å². The monoisotopic (exact) mass is 312 g/mol. The quantitative estimate of drug-likeness (QED) is 0.875. The lowest BCUT2D eigenvalue weighted by molar-refractivity contribution is -0.135. The predicted octanol–water partition coefficient (Wildman–Crippen LogP) is 3.14. The Morgan fingerprint density at radius 3 is 3.09 bits per heavy atom. The average Bonchev–Trinajstić information content (AvgIpc) is 3.02. The van der Waals surface area contributed by atoms with E-state index in [1.165, 1.54) is 10.4 Å². The molecule has 0 radical (unpaired) electrons. The molecule has 22 heavy (non-hydrogen) atoms. The van der Waals surface area contributed by atoms with Gasteiger partial charge in [0.2, 0.25) is 0 Å². The van der Waals surface area contributed by atoms with Crippen LogP contribution in [0.1, 0.15) is 29.0 Å². The fraction of sp³-hybridized carbons (Fsp3) is 0.294. The SMILES string of the molecule is C[C@@H]1c2ccsc2CCN1C(=O)COc1ccccc1C#N. The maximum absolute atomic E-state index is 12.4. The van der Waals surface area contributed by atoms with E-state index in [0.29, 0.717) is 11.3 Å². The summed E-state index contributed by atoms with van der Waals surface area (Å²) in [5.74, 6) is 0.413. The second-order valence-electron chi connectivity index (χ2n) is 5.21. The van der Waals surface area contributed by atoms with Gasteiger partial charge in [0.15, 0.2) is 6.61 Å². The van der Waals surface area contributed by atoms with E-state index in [1.807, 2.05) is 11.8 Å². The van der Waals surface area contributed by atoms with Crippen molar-refractivity contribution in [3.05, 3.63) is 51.7 Å². The summed E-state index contributed by atoms with van der Waals surface area (Å²) in [6.45, 7) is 2.73. The van der Waals surface area contributed by atoms with E-state index >= 15 is 0 Å². The molecular weight excluding hydrogens is 296 g/mol. The van der Waals surface area contributed by atoms with Gasteiger partial charge in [-0.15, -0.1) is 11.3 Å². The minimum Gasteiger partial charge on any atom is -0.482 e. The number of hydrogen-bond acceptors (Lipinski definition) is 4. The van der Waals surface area contributed by atoms with Crippen molar-refractivity contribution in [3.63, 3.8) is 0 Å². The van der Waals surface area contributed by atoms with Crippen LogP contribution in [0.25, 0.3) is 0 Å². The van der Waals surface area contributed by atoms with Crippen molar-refractivity contribution in [1.29, 1.82) is 5.26 Å². The maximum atomic E-state index is 12.4. The highest BCUT2D eigenvalue weighted by Gasteiger charge is 2.28. The van der Waals surface area contributed by atoms with Gasteiger partial charge in [0, 0.05) is 11.4 Å². The van der Waals surface area contributed by atoms with Crippen LogP contribution in [0.3, 0.4) is 0 Å². The standard InChI is InChI=1S/C17H16N2O2S/c1-12-14-7-9-22-16(14)6-8-19(12)17(20)11-21-15-5-3-2-4-13(15)10-18/h2-5,7,9,12H,6,8,11H2,1H3/t12-/m1/s1. The first kappa shape index (κ1) is 14.6. The molecule has 0 unspecified atom stereocenters. The number of ether oxygens (including phenoxy) is 1. The van der Waals surface area contributed by atoms with Crippen molar-refractivity contribution in [2.24, 2.45) is 0 Å². The Morgan fingerprint density at radius 1 is 1.45 bits per heavy atom. The fourth-order valence-electron chi connectivity index (χ4n) is 2.76. The second-order valence-corrected chi connectivity index (χ2v) is 6.21. The van der Waals surface area contributed by atoms with E-state index in [4.69, 9.17) is 10.00 Å². The highest BCUT2D eigenvalue weighted by atomic mass is 32.1. The van der Waals surface area contributed by atoms with Crippen LogP contribution in [0.15, 0.2) is 35.7 Å². The molecule has 2 aromatic rings. The average molecular weight is 312 g/mol. The summed E-state index contributed by atoms with van der Waals surface area (Å²) >= 11 is 1.75. The lowest BCUT2D eigenvalue weighted by atomic mass is 10.0. The molecular formula is C17H16N2O2S. The first-order valence-corrected chi connectivity index (χ1v) is 8.06. The Labute approximate surface area is 133 Å². The Bertz CT molecular complexity index is 732. The van der Waals surface area contributed by atoms with Gasteiger partial charge >= 0.3 is 0 Å². The summed E-state index contributed by atoms with van der Waals surface area (Å²) < 4.78 is 5.55. The molecule has 0 aliphatic carbocycles. The van der Waals surface area contributed by atoms with Crippen molar-refractivity contribution in [3.8, 4) is 11.8 Å². The molecule has 0 saturated carbocycles. The lowest BCUT2D eigenvalue weighted by Crippen LogP contribution is -2.40. The molecule has 1 atom stereocenters. The summed E-state index contributed by atoms with van der Waals surface area (Å²) in [6, 6.07) is 11.2. The van der Waals surface area contributed by atoms with Crippen LogP contribution in [-0.2, 0) is 11.2 Å². The maximum Gasteiger partial charge on any atom is 0.261 e. The normalized spacial score (nSPS) is 16.7. The number of para-hydroxylation sites is 1. The Balaban J connectivity index is 1.67. The van der Waals surface area contributed by atoms with Crippen LogP contribution in [0.4, 0.5) is 0 Å². The molecule has 0 saturated heterocycles. The fourth-order valence-corrected chi connectivity index (χ4v) is 3.72. The van der Waals surface area contributed by atoms with Crippen LogP contribution >= 0.6 is 11.3 Å². The Morgan fingerprint density at radius 2 is 2.27 bits per heavy atom. The molecule has 2 heterocycles. The summed E-state index contributed by atoms with van der Waals surface area (Å²) in [6.07, 6.45) is 0.901. The highest BCUT2D eigenvalue weighted by molar-refractivity contribution is 7.10. The molecule has 0 spiro atoms. The van der Waals surface area contributed by atoms with E-state index in [1.54, 1.807) is 35.6 Å². The van der Waals surface area contributed by atoms with Gasteiger partial charge in [0.05, 0.1) is 11.6 Å². The third-order valence-corrected chi connectivity index (χ3v) is 4.95. The smallest absolute Gasteiger partial charge is 0.261 e. The van der Waals surface area contributed by atoms with E-state index in [-0.39, 0.29) is 18.6 Å². The van der Waals surface area contributed by atoms with Gasteiger partial charge in [-0.3, -0.25) is 4.79 Å². The largest absolute Gasteiger partial charge is 0.482 e. The second kappa shape index (κ2) is 6.20. The van der Waals surface area contributed by atoms with Crippen LogP contribution in [0.5, 0.6) is 5.75 Å². The third kappa shape index (κ3) is 2.70. The van der Waals surface area contributed by atoms with Gasteiger partial charge in [-0.1, -0.05) is 12.1 Å². The van der Waals surface area contributed by atoms with Crippen molar-refractivity contribution >= 4 is 17.2 Å². The van der Waals surface area contributed by atoms with Crippen LogP contribution in [0.2, 0.25) is 0 Å². The number of nitriles is 1. The number of fused-ring (bicyclic) bond motifs is 1. The van der Waals surface area contributed by atoms with E-state index in [9.17, 15) is 4.79 Å². The molecule has 1 aliphatic rings. The molecule has 0 N–H and O–H groups in total. The Kier molecular flexibility index (Phi) is 4.12. The zero-order valence-corrected chi connectivity index (χ0v) is 13.1. The number of carbonyl (C=O) groups excluding carboxylic acids is 1. The molecule has 1 aromatic carbocycles. The van der Waals surface area contributed by atoms with E-state index < -0.39 is 0 Å². The number of benzene rings is 1. The molecule has 0 bridgehead atoms. The van der Waals surface area contributed by atoms with E-state index in [2.05, 4.69) is 17.5 Å². The molecule has 1 amide bonds. The van der Waals surface area contributed by atoms with Gasteiger partial charge in [-0.2, -0.15) is 5.26 Å². The van der Waals surface area contributed by atoms with Crippen molar-refractivity contribution in [2.75, 3.05) is 13.2 Å². The number of hydrogen-bond donors (Lipinski definition) is 0. The van der Waals surface area contributed by atoms with Gasteiger partial charge in [0.1, 0.15) is 11.8 Å². The molecule has 0 fully saturated rings. The van der Waals surface area contributed by atoms with Gasteiger partial charge in [-0.05, 0) is 42.5 Å². The first-order chi connectivity index (χ1) is 10.7. The van der Waals surface area contributed by atoms with Crippen molar-refractivity contribution in [2.45, 2.75) is 19.4 Å². The molecule has 5 heteroatoms. The van der Waals surface area contributed by atoms with Gasteiger partial charge in [-0.25, -0.2) is 0 Å². The summed E-state index contributed by atoms with van der Waals surface area (Å²) in [5.41, 5.74) is 1.68. The Hall–Kier alpha value is -2.32. The molecule has 112 valence electrons. The lowest BCUT2D eigenvalue weighted by Gasteiger charge is -2.33. The molecule has 4 nitrogen and oxygen atoms in total. The topological polar surface area (TPSA) is 53.3 Å². The van der Waals surface area contributed by atoms with Crippen LogP contribution in [-0.4, -0.2) is 24.0 Å². The molecule has 1 aliphatic heterocycles. The zero-order valence-electron chi connectivity index (χ0n) is 12.3. The van der Waals surface area contributed by atoms with Gasteiger partial charge < -0.3 is 9.64 Å². The first-order valence-electron chi connectivity index (χ1n) is 7.18. The summed E-state index contributed by atoms with van der Waals surface area (Å²) in [7, 11) is 0. The number of carbonyl (C=O) groups is 1. The number of rotatable bonds is 3. The minimum absolute atomic E-state index is 0.0392. The van der Waals surface area contributed by atoms with E-state index in [0.717, 1.165) is 13.0 Å². The van der Waals surface area contributed by atoms with Gasteiger partial charge in [0.25, 0.3) is 5.91 Å². The highest BCUT2D eigenvalue weighted by Crippen LogP contribution is 2.32. The van der Waals surface area contributed by atoms with Crippen molar-refractivity contribution in [1.82, 2.24) is 4.90 Å². The molecule has 3 rings (SSSR count). The predicted molar refractivity (Wildman–Crippen MR) is 84.8 cm³/mol. The zero-order chi connectivity index (χ0) is 15.5. The summed E-state index contributed by atoms with van der Waals surface area (Å²) in [5, 5.41) is 11.1. The number of nitrogens with zero attached hydrogens (tertiary/aromatic N) is 2. The molecule has 1 aromatic heterocycles. The minimum atomic E-state index is -0.0444. The third-order valence-electron chi connectivity index (χ3n) is 3.96. The van der Waals surface area contributed by atoms with Crippen LogP contribution < -0.4 is 4.74 Å².